The lowest BCUT2D eigenvalue weighted by Crippen LogP contribution is -2.48. The summed E-state index contributed by atoms with van der Waals surface area (Å²) in [6.45, 7) is 1.84. The number of hydrogen-bond acceptors (Lipinski definition) is 7. The van der Waals surface area contributed by atoms with Crippen LogP contribution in [-0.2, 0) is 32.6 Å². The van der Waals surface area contributed by atoms with Gasteiger partial charge in [-0.15, -0.1) is 0 Å². The van der Waals surface area contributed by atoms with E-state index in [0.717, 1.165) is 27.8 Å². The number of benzene rings is 1. The average molecular weight is 454 g/mol. The second kappa shape index (κ2) is 7.89. The van der Waals surface area contributed by atoms with Crippen molar-refractivity contribution >= 4 is 10.0 Å². The summed E-state index contributed by atoms with van der Waals surface area (Å²) in [5.41, 5.74) is 7.91. The van der Waals surface area contributed by atoms with Gasteiger partial charge in [-0.1, -0.05) is 0 Å². The highest BCUT2D eigenvalue weighted by Gasteiger charge is 2.40. The smallest absolute Gasteiger partial charge is 0.259 e. The number of hydrogen-bond donors (Lipinski definition) is 1. The van der Waals surface area contributed by atoms with Gasteiger partial charge in [0.2, 0.25) is 0 Å². The number of nitrogens with zero attached hydrogens (tertiary/aromatic N) is 3. The maximum absolute atomic E-state index is 14.2. The molecule has 0 spiro atoms. The van der Waals surface area contributed by atoms with Gasteiger partial charge < -0.3 is 15.2 Å². The molecule has 0 saturated carbocycles. The molecule has 0 radical (unpaired) electrons. The minimum Gasteiger partial charge on any atom is -0.380 e. The van der Waals surface area contributed by atoms with E-state index >= 15 is 0 Å². The van der Waals surface area contributed by atoms with Crippen LogP contribution in [0.25, 0.3) is 0 Å². The van der Waals surface area contributed by atoms with Gasteiger partial charge in [0.1, 0.15) is 23.0 Å². The van der Waals surface area contributed by atoms with E-state index < -0.39 is 39.1 Å². The van der Waals surface area contributed by atoms with Gasteiger partial charge in [-0.25, -0.2) is 17.2 Å². The Kier molecular flexibility index (Phi) is 5.33. The van der Waals surface area contributed by atoms with Gasteiger partial charge in [-0.2, -0.15) is 9.19 Å². The molecule has 31 heavy (non-hydrogen) atoms. The average Bonchev–Trinajstić information content (AvgIpc) is 3.47. The number of aromatic nitrogens is 2. The lowest BCUT2D eigenvalue weighted by molar-refractivity contribution is -0.0533. The van der Waals surface area contributed by atoms with Crippen molar-refractivity contribution in [3.63, 3.8) is 0 Å². The van der Waals surface area contributed by atoms with Crippen molar-refractivity contribution in [2.24, 2.45) is 5.73 Å². The number of nitrogens with two attached hydrogens (primary N) is 1. The molecule has 0 aliphatic carbocycles. The molecule has 0 unspecified atom stereocenters. The zero-order valence-electron chi connectivity index (χ0n) is 16.8. The van der Waals surface area contributed by atoms with Crippen molar-refractivity contribution in [2.75, 3.05) is 19.8 Å². The van der Waals surface area contributed by atoms with E-state index in [0.29, 0.717) is 38.2 Å². The quantitative estimate of drug-likeness (QED) is 0.743. The molecule has 4 atom stereocenters. The number of ether oxygens (including phenoxy) is 2. The summed E-state index contributed by atoms with van der Waals surface area (Å²) in [5, 5.41) is 3.55. The summed E-state index contributed by atoms with van der Waals surface area (Å²) < 4.78 is 65.9. The third kappa shape index (κ3) is 3.68. The Labute approximate surface area is 179 Å². The predicted octanol–water partition coefficient (Wildman–Crippen LogP) is 1.30. The number of halogens is 2. The summed E-state index contributed by atoms with van der Waals surface area (Å²) in [4.78, 5) is 2.10. The summed E-state index contributed by atoms with van der Waals surface area (Å²) in [6, 6.07) is 2.67. The Morgan fingerprint density at radius 1 is 1.19 bits per heavy atom. The van der Waals surface area contributed by atoms with Gasteiger partial charge in [-0.05, 0) is 31.0 Å². The van der Waals surface area contributed by atoms with Crippen molar-refractivity contribution in [2.45, 2.75) is 49.4 Å². The monoisotopic (exact) mass is 454 g/mol. The summed E-state index contributed by atoms with van der Waals surface area (Å²) in [7, 11) is -3.62. The Morgan fingerprint density at radius 3 is 2.77 bits per heavy atom. The van der Waals surface area contributed by atoms with Crippen LogP contribution in [0, 0.1) is 11.6 Å². The Bertz CT molecular complexity index is 1090. The van der Waals surface area contributed by atoms with Crippen LogP contribution < -0.4 is 5.73 Å². The highest BCUT2D eigenvalue weighted by atomic mass is 32.2. The van der Waals surface area contributed by atoms with Crippen LogP contribution in [0.2, 0.25) is 0 Å². The highest BCUT2D eigenvalue weighted by molar-refractivity contribution is 7.90. The maximum atomic E-state index is 14.2. The molecular weight excluding hydrogens is 430 g/mol. The first kappa shape index (κ1) is 21.0. The molecule has 3 aliphatic rings. The lowest BCUT2D eigenvalue weighted by atomic mass is 9.93. The Hall–Kier alpha value is -1.92. The molecule has 8 nitrogen and oxygen atoms in total. The zero-order chi connectivity index (χ0) is 21.8. The van der Waals surface area contributed by atoms with Crippen LogP contribution in [-0.4, -0.2) is 59.7 Å². The predicted molar refractivity (Wildman–Crippen MR) is 106 cm³/mol. The van der Waals surface area contributed by atoms with Crippen LogP contribution in [0.15, 0.2) is 24.4 Å². The fourth-order valence-corrected chi connectivity index (χ4v) is 6.27. The van der Waals surface area contributed by atoms with E-state index in [9.17, 15) is 17.2 Å². The Balaban J connectivity index is 1.29. The third-order valence-corrected chi connectivity index (χ3v) is 8.39. The molecule has 2 saturated heterocycles. The lowest BCUT2D eigenvalue weighted by Gasteiger charge is -2.38. The molecule has 1 aromatic heterocycles. The number of fused-ring (bicyclic) bond motifs is 1. The van der Waals surface area contributed by atoms with Crippen molar-refractivity contribution in [1.29, 1.82) is 0 Å². The van der Waals surface area contributed by atoms with Crippen molar-refractivity contribution in [1.82, 2.24) is 14.1 Å². The molecule has 0 bridgehead atoms. The SMILES string of the molecule is N[C@H]1C[C@@H](N2Cc3cnn(S(=O)(=O)[C@@H]4CCOC4)c3C2)CO[C@@H]1c1cc(F)ccc1F. The molecule has 4 heterocycles. The standard InChI is InChI=1S/C20H24F2N4O4S/c21-13-1-2-17(22)16(5-13)20-18(23)6-14(10-30-20)25-8-12-7-24-26(19(12)9-25)31(27,28)15-3-4-29-11-15/h1-2,5,7,14-15,18,20H,3-4,6,8-11,23H2/t14-,15-,18+,20-/m1/s1. The molecule has 2 N–H and O–H groups in total. The van der Waals surface area contributed by atoms with E-state index in [1.54, 1.807) is 6.20 Å². The number of rotatable bonds is 4. The summed E-state index contributed by atoms with van der Waals surface area (Å²) >= 11 is 0. The van der Waals surface area contributed by atoms with Crippen LogP contribution >= 0.6 is 0 Å². The highest BCUT2D eigenvalue weighted by Crippen LogP contribution is 2.35. The van der Waals surface area contributed by atoms with Crippen LogP contribution in [0.3, 0.4) is 0 Å². The van der Waals surface area contributed by atoms with Crippen molar-refractivity contribution in [3.05, 3.63) is 52.9 Å². The van der Waals surface area contributed by atoms with Gasteiger partial charge >= 0.3 is 0 Å². The van der Waals surface area contributed by atoms with E-state index in [-0.39, 0.29) is 24.8 Å². The first-order valence-electron chi connectivity index (χ1n) is 10.3. The normalized spacial score (nSPS) is 29.4. The van der Waals surface area contributed by atoms with Gasteiger partial charge in [0, 0.05) is 42.9 Å². The first-order chi connectivity index (χ1) is 14.8. The van der Waals surface area contributed by atoms with E-state index in [4.69, 9.17) is 15.2 Å². The van der Waals surface area contributed by atoms with Crippen molar-refractivity contribution in [3.8, 4) is 0 Å². The molecule has 2 fully saturated rings. The Morgan fingerprint density at radius 2 is 2.03 bits per heavy atom. The molecule has 2 aromatic rings. The fraction of sp³-hybridized carbons (Fsp3) is 0.550. The van der Waals surface area contributed by atoms with Crippen LogP contribution in [0.5, 0.6) is 0 Å². The minimum atomic E-state index is -3.62. The molecule has 0 amide bonds. The molecular formula is C20H24F2N4O4S. The molecule has 1 aromatic carbocycles. The second-order valence-corrected chi connectivity index (χ2v) is 10.4. The third-order valence-electron chi connectivity index (χ3n) is 6.38. The fourth-order valence-electron chi connectivity index (χ4n) is 4.67. The van der Waals surface area contributed by atoms with Crippen LogP contribution in [0.4, 0.5) is 8.78 Å². The van der Waals surface area contributed by atoms with Crippen LogP contribution in [0.1, 0.15) is 35.8 Å². The summed E-state index contributed by atoms with van der Waals surface area (Å²) in [5.74, 6) is -1.09. The van der Waals surface area contributed by atoms with Gasteiger partial charge in [0.05, 0.1) is 25.1 Å². The zero-order valence-corrected chi connectivity index (χ0v) is 17.6. The first-order valence-corrected chi connectivity index (χ1v) is 11.8. The minimum absolute atomic E-state index is 0.0683. The van der Waals surface area contributed by atoms with Gasteiger partial charge in [0.25, 0.3) is 10.0 Å². The van der Waals surface area contributed by atoms with Crippen molar-refractivity contribution < 1.29 is 26.7 Å². The molecule has 3 aliphatic heterocycles. The topological polar surface area (TPSA) is 99.7 Å². The van der Waals surface area contributed by atoms with E-state index in [1.165, 1.54) is 0 Å². The van der Waals surface area contributed by atoms with E-state index in [2.05, 4.69) is 10.00 Å². The maximum Gasteiger partial charge on any atom is 0.259 e. The molecule has 168 valence electrons. The van der Waals surface area contributed by atoms with E-state index in [1.807, 2.05) is 0 Å². The molecule has 11 heteroatoms. The largest absolute Gasteiger partial charge is 0.380 e. The van der Waals surface area contributed by atoms with Gasteiger partial charge in [0.15, 0.2) is 0 Å². The van der Waals surface area contributed by atoms with Gasteiger partial charge in [-0.3, -0.25) is 4.90 Å². The second-order valence-electron chi connectivity index (χ2n) is 8.37. The summed E-state index contributed by atoms with van der Waals surface area (Å²) in [6.07, 6.45) is 1.85. The molecule has 5 rings (SSSR count).